The molecule has 0 N–H and O–H groups in total. The largest absolute Gasteiger partial charge is 0.462 e. The molecule has 1 saturated heterocycles. The van der Waals surface area contributed by atoms with E-state index < -0.39 is 30.1 Å². The molecule has 2 rings (SSSR count). The molecule has 7 heteroatoms. The Morgan fingerprint density at radius 2 is 1.62 bits per heavy atom. The molecule has 1 aliphatic rings. The third kappa shape index (κ3) is 3.46. The fourth-order valence-corrected chi connectivity index (χ4v) is 2.58. The summed E-state index contributed by atoms with van der Waals surface area (Å²) >= 11 is 3.08. The van der Waals surface area contributed by atoms with E-state index in [0.717, 1.165) is 6.07 Å². The van der Waals surface area contributed by atoms with E-state index in [4.69, 9.17) is 9.31 Å². The molecule has 0 unspecified atom stereocenters. The van der Waals surface area contributed by atoms with Gasteiger partial charge < -0.3 is 9.31 Å². The Bertz CT molecular complexity index is 528. The first kappa shape index (κ1) is 16.8. The molecule has 116 valence electrons. The monoisotopic (exact) mass is 364 g/mol. The predicted molar refractivity (Wildman–Crippen MR) is 78.9 cm³/mol. The van der Waals surface area contributed by atoms with Crippen molar-refractivity contribution in [1.29, 1.82) is 0 Å². The molecule has 0 aromatic heterocycles. The summed E-state index contributed by atoms with van der Waals surface area (Å²) in [6.07, 6.45) is -4.34. The molecule has 21 heavy (non-hydrogen) atoms. The molecule has 0 bridgehead atoms. The third-order valence-corrected chi connectivity index (χ3v) is 4.56. The van der Waals surface area contributed by atoms with Gasteiger partial charge in [0, 0.05) is 10.8 Å². The standard InChI is InChI=1S/C14H17BBrF3O2/c1-12(2)13(3,4)21-15(20-12)8-9-5-6-10(16)7-11(9)14(17,18)19/h5-7H,8H2,1-4H3. The number of rotatable bonds is 2. The lowest BCUT2D eigenvalue weighted by atomic mass is 9.79. The van der Waals surface area contributed by atoms with Crippen LogP contribution in [-0.2, 0) is 21.8 Å². The molecule has 1 heterocycles. The first-order chi connectivity index (χ1) is 9.42. The van der Waals surface area contributed by atoms with Crippen molar-refractivity contribution in [3.05, 3.63) is 33.8 Å². The first-order valence-electron chi connectivity index (χ1n) is 6.64. The van der Waals surface area contributed by atoms with Crippen LogP contribution in [0.15, 0.2) is 22.7 Å². The van der Waals surface area contributed by atoms with Gasteiger partial charge in [0.25, 0.3) is 0 Å². The summed E-state index contributed by atoms with van der Waals surface area (Å²) in [5.74, 6) is 0. The van der Waals surface area contributed by atoms with Gasteiger partial charge in [0.05, 0.1) is 16.8 Å². The van der Waals surface area contributed by atoms with E-state index in [1.807, 2.05) is 27.7 Å². The highest BCUT2D eigenvalue weighted by Gasteiger charge is 2.51. The van der Waals surface area contributed by atoms with Gasteiger partial charge in [-0.05, 0) is 45.4 Å². The number of alkyl halides is 3. The second-order valence-corrected chi connectivity index (χ2v) is 7.10. The average Bonchev–Trinajstić information content (AvgIpc) is 2.48. The number of halogens is 4. The van der Waals surface area contributed by atoms with Crippen LogP contribution >= 0.6 is 15.9 Å². The maximum Gasteiger partial charge on any atom is 0.462 e. The highest BCUT2D eigenvalue weighted by Crippen LogP contribution is 2.39. The molecule has 1 aromatic rings. The van der Waals surface area contributed by atoms with Crippen molar-refractivity contribution in [3.63, 3.8) is 0 Å². The molecule has 0 aliphatic carbocycles. The minimum Gasteiger partial charge on any atom is -0.403 e. The molecule has 0 radical (unpaired) electrons. The van der Waals surface area contributed by atoms with Crippen LogP contribution in [0.4, 0.5) is 13.2 Å². The van der Waals surface area contributed by atoms with Crippen LogP contribution < -0.4 is 0 Å². The van der Waals surface area contributed by atoms with Crippen molar-refractivity contribution in [2.75, 3.05) is 0 Å². The summed E-state index contributed by atoms with van der Waals surface area (Å²) < 4.78 is 51.2. The fraction of sp³-hybridized carbons (Fsp3) is 0.571. The fourth-order valence-electron chi connectivity index (χ4n) is 2.22. The summed E-state index contributed by atoms with van der Waals surface area (Å²) in [6, 6.07) is 4.13. The lowest BCUT2D eigenvalue weighted by Crippen LogP contribution is -2.41. The van der Waals surface area contributed by atoms with Crippen molar-refractivity contribution < 1.29 is 22.5 Å². The first-order valence-corrected chi connectivity index (χ1v) is 7.43. The minimum atomic E-state index is -4.40. The van der Waals surface area contributed by atoms with E-state index in [0.29, 0.717) is 4.47 Å². The molecule has 1 aliphatic heterocycles. The molecule has 0 spiro atoms. The van der Waals surface area contributed by atoms with Gasteiger partial charge in [-0.3, -0.25) is 0 Å². The van der Waals surface area contributed by atoms with Gasteiger partial charge in [-0.15, -0.1) is 0 Å². The maximum atomic E-state index is 13.1. The topological polar surface area (TPSA) is 18.5 Å². The smallest absolute Gasteiger partial charge is 0.403 e. The van der Waals surface area contributed by atoms with Gasteiger partial charge in [0.1, 0.15) is 0 Å². The van der Waals surface area contributed by atoms with E-state index in [-0.39, 0.29) is 11.9 Å². The minimum absolute atomic E-state index is 0.0645. The van der Waals surface area contributed by atoms with Gasteiger partial charge in [-0.1, -0.05) is 22.0 Å². The Balaban J connectivity index is 2.26. The highest BCUT2D eigenvalue weighted by molar-refractivity contribution is 9.10. The quantitative estimate of drug-likeness (QED) is 0.711. The van der Waals surface area contributed by atoms with Crippen LogP contribution in [-0.4, -0.2) is 18.3 Å². The Morgan fingerprint density at radius 1 is 1.10 bits per heavy atom. The predicted octanol–water partition coefficient (Wildman–Crippen LogP) is 4.64. The summed E-state index contributed by atoms with van der Waals surface area (Å²) in [5, 5.41) is 0. The Morgan fingerprint density at radius 3 is 2.10 bits per heavy atom. The lowest BCUT2D eigenvalue weighted by Gasteiger charge is -2.32. The van der Waals surface area contributed by atoms with Gasteiger partial charge in [-0.25, -0.2) is 0 Å². The maximum absolute atomic E-state index is 13.1. The van der Waals surface area contributed by atoms with Crippen LogP contribution in [0.2, 0.25) is 0 Å². The van der Waals surface area contributed by atoms with Gasteiger partial charge in [0.15, 0.2) is 0 Å². The zero-order valence-electron chi connectivity index (χ0n) is 12.3. The van der Waals surface area contributed by atoms with Crippen molar-refractivity contribution >= 4 is 23.0 Å². The van der Waals surface area contributed by atoms with Gasteiger partial charge in [0.2, 0.25) is 0 Å². The molecular formula is C14H17BBrF3O2. The zero-order valence-corrected chi connectivity index (χ0v) is 13.9. The average molecular weight is 365 g/mol. The Kier molecular flexibility index (Phi) is 4.24. The molecule has 1 fully saturated rings. The lowest BCUT2D eigenvalue weighted by molar-refractivity contribution is -0.138. The Labute approximate surface area is 131 Å². The summed E-state index contributed by atoms with van der Waals surface area (Å²) in [7, 11) is -0.683. The van der Waals surface area contributed by atoms with E-state index in [1.165, 1.54) is 6.07 Å². The van der Waals surface area contributed by atoms with Gasteiger partial charge in [-0.2, -0.15) is 13.2 Å². The number of hydrogen-bond acceptors (Lipinski definition) is 2. The van der Waals surface area contributed by atoms with Crippen LogP contribution in [0, 0.1) is 0 Å². The van der Waals surface area contributed by atoms with Crippen LogP contribution in [0.25, 0.3) is 0 Å². The molecule has 0 saturated carbocycles. The molecule has 1 aromatic carbocycles. The van der Waals surface area contributed by atoms with Crippen molar-refractivity contribution in [1.82, 2.24) is 0 Å². The van der Waals surface area contributed by atoms with Crippen molar-refractivity contribution in [2.45, 2.75) is 51.4 Å². The van der Waals surface area contributed by atoms with E-state index in [1.54, 1.807) is 6.07 Å². The normalized spacial score (nSPS) is 20.9. The van der Waals surface area contributed by atoms with Crippen molar-refractivity contribution in [2.24, 2.45) is 0 Å². The van der Waals surface area contributed by atoms with Crippen molar-refractivity contribution in [3.8, 4) is 0 Å². The molecule has 2 nitrogen and oxygen atoms in total. The zero-order chi connectivity index (χ0) is 16.1. The summed E-state index contributed by atoms with van der Waals surface area (Å²) in [6.45, 7) is 7.50. The SMILES string of the molecule is CC1(C)OB(Cc2ccc(Br)cc2C(F)(F)F)OC1(C)C. The number of hydrogen-bond donors (Lipinski definition) is 0. The van der Waals surface area contributed by atoms with E-state index >= 15 is 0 Å². The number of benzene rings is 1. The molecule has 0 atom stereocenters. The summed E-state index contributed by atoms with van der Waals surface area (Å²) in [4.78, 5) is 0. The van der Waals surface area contributed by atoms with E-state index in [2.05, 4.69) is 15.9 Å². The summed E-state index contributed by atoms with van der Waals surface area (Å²) in [5.41, 5.74) is -1.59. The second kappa shape index (κ2) is 5.28. The van der Waals surface area contributed by atoms with Crippen LogP contribution in [0.5, 0.6) is 0 Å². The van der Waals surface area contributed by atoms with Crippen LogP contribution in [0.3, 0.4) is 0 Å². The molecular weight excluding hydrogens is 348 g/mol. The molecule has 0 amide bonds. The highest BCUT2D eigenvalue weighted by atomic mass is 79.9. The Hall–Kier alpha value is -0.525. The van der Waals surface area contributed by atoms with Crippen LogP contribution in [0.1, 0.15) is 38.8 Å². The van der Waals surface area contributed by atoms with Gasteiger partial charge >= 0.3 is 13.3 Å². The third-order valence-electron chi connectivity index (χ3n) is 4.07. The second-order valence-electron chi connectivity index (χ2n) is 6.19. The van der Waals surface area contributed by atoms with E-state index in [9.17, 15) is 13.2 Å².